The summed E-state index contributed by atoms with van der Waals surface area (Å²) in [4.78, 5) is 25.2. The predicted molar refractivity (Wildman–Crippen MR) is 118 cm³/mol. The minimum Gasteiger partial charge on any atom is -0.349 e. The molecule has 2 fully saturated rings. The molecular formula is C21H15Cl4F3N2O2. The van der Waals surface area contributed by atoms with Crippen molar-refractivity contribution in [1.29, 1.82) is 0 Å². The number of benzene rings is 2. The Morgan fingerprint density at radius 1 is 1.00 bits per heavy atom. The number of amides is 2. The van der Waals surface area contributed by atoms with Crippen LogP contribution in [0.15, 0.2) is 36.4 Å². The van der Waals surface area contributed by atoms with Crippen LogP contribution in [0.2, 0.25) is 10.0 Å². The van der Waals surface area contributed by atoms with Gasteiger partial charge in [-0.05, 0) is 54.8 Å². The van der Waals surface area contributed by atoms with Crippen LogP contribution in [0.5, 0.6) is 0 Å². The highest BCUT2D eigenvalue weighted by atomic mass is 35.5. The van der Waals surface area contributed by atoms with Gasteiger partial charge >= 0.3 is 6.18 Å². The van der Waals surface area contributed by atoms with E-state index in [9.17, 15) is 22.8 Å². The molecular weight excluding hydrogens is 511 g/mol. The summed E-state index contributed by atoms with van der Waals surface area (Å²) in [6, 6.07) is 7.39. The molecule has 2 aliphatic rings. The van der Waals surface area contributed by atoms with E-state index in [-0.39, 0.29) is 11.7 Å². The van der Waals surface area contributed by atoms with Crippen LogP contribution in [0.25, 0.3) is 0 Å². The molecule has 2 amide bonds. The SMILES string of the molecule is O=C(NC1CC1)c1cc(NC(=O)[C@@H]2[C@@H](c3cc(Cl)cc(Cl)c3)C2(Cl)Cl)ccc1C(F)(F)F. The summed E-state index contributed by atoms with van der Waals surface area (Å²) in [6.07, 6.45) is -3.30. The standard InChI is InChI=1S/C21H15Cl4F3N2O2/c22-10-5-9(6-11(23)7-10)16-17(20(16,24)25)19(32)30-13-3-4-15(21(26,27)28)14(8-13)18(31)29-12-1-2-12/h3-8,12,16-17H,1-2H2,(H,29,31)(H,30,32)/t16-,17+/m1/s1. The number of alkyl halides is 5. The fraction of sp³-hybridized carbons (Fsp3) is 0.333. The molecule has 2 atom stereocenters. The van der Waals surface area contributed by atoms with Gasteiger partial charge in [0.15, 0.2) is 0 Å². The van der Waals surface area contributed by atoms with Crippen LogP contribution < -0.4 is 10.6 Å². The molecule has 0 radical (unpaired) electrons. The molecule has 2 N–H and O–H groups in total. The number of carbonyl (C=O) groups is 2. The lowest BCUT2D eigenvalue weighted by Crippen LogP contribution is -2.28. The average Bonchev–Trinajstić information content (AvgIpc) is 3.56. The number of rotatable bonds is 5. The van der Waals surface area contributed by atoms with Crippen LogP contribution in [-0.4, -0.2) is 22.2 Å². The van der Waals surface area contributed by atoms with Crippen molar-refractivity contribution < 1.29 is 22.8 Å². The Morgan fingerprint density at radius 2 is 1.62 bits per heavy atom. The highest BCUT2D eigenvalue weighted by Gasteiger charge is 2.67. The van der Waals surface area contributed by atoms with E-state index < -0.39 is 45.3 Å². The topological polar surface area (TPSA) is 58.2 Å². The van der Waals surface area contributed by atoms with E-state index in [0.29, 0.717) is 28.5 Å². The molecule has 2 aliphatic carbocycles. The maximum atomic E-state index is 13.4. The first-order chi connectivity index (χ1) is 14.9. The maximum Gasteiger partial charge on any atom is 0.417 e. The fourth-order valence-electron chi connectivity index (χ4n) is 3.59. The minimum absolute atomic E-state index is 0.0165. The van der Waals surface area contributed by atoms with Crippen LogP contribution in [0.4, 0.5) is 18.9 Å². The lowest BCUT2D eigenvalue weighted by atomic mass is 10.0. The summed E-state index contributed by atoms with van der Waals surface area (Å²) < 4.78 is 38.7. The summed E-state index contributed by atoms with van der Waals surface area (Å²) in [5.41, 5.74) is -1.08. The van der Waals surface area contributed by atoms with Crippen molar-refractivity contribution in [2.45, 2.75) is 35.3 Å². The average molecular weight is 526 g/mol. The monoisotopic (exact) mass is 524 g/mol. The first-order valence-corrected chi connectivity index (χ1v) is 11.1. The van der Waals surface area contributed by atoms with Gasteiger partial charge in [-0.3, -0.25) is 9.59 Å². The Balaban J connectivity index is 1.57. The second-order valence-electron chi connectivity index (χ2n) is 7.83. The molecule has 0 unspecified atom stereocenters. The smallest absolute Gasteiger partial charge is 0.349 e. The number of nitrogens with one attached hydrogen (secondary N) is 2. The van der Waals surface area contributed by atoms with Crippen LogP contribution in [-0.2, 0) is 11.0 Å². The molecule has 0 heterocycles. The molecule has 170 valence electrons. The highest BCUT2D eigenvalue weighted by Crippen LogP contribution is 2.65. The van der Waals surface area contributed by atoms with E-state index in [1.807, 2.05) is 0 Å². The normalized spacial score (nSPS) is 21.7. The van der Waals surface area contributed by atoms with Crippen LogP contribution in [0, 0.1) is 5.92 Å². The molecule has 0 spiro atoms. The highest BCUT2D eigenvalue weighted by molar-refractivity contribution is 6.53. The Hall–Kier alpha value is -1.67. The van der Waals surface area contributed by atoms with E-state index >= 15 is 0 Å². The molecule has 11 heteroatoms. The van der Waals surface area contributed by atoms with Crippen molar-refractivity contribution >= 4 is 63.9 Å². The molecule has 2 aromatic rings. The molecule has 2 aromatic carbocycles. The van der Waals surface area contributed by atoms with Gasteiger partial charge < -0.3 is 10.6 Å². The number of anilines is 1. The summed E-state index contributed by atoms with van der Waals surface area (Å²) in [5, 5.41) is 5.73. The van der Waals surface area contributed by atoms with Crippen LogP contribution >= 0.6 is 46.4 Å². The zero-order chi connectivity index (χ0) is 23.4. The Morgan fingerprint density at radius 3 is 2.19 bits per heavy atom. The zero-order valence-electron chi connectivity index (χ0n) is 16.1. The Bertz CT molecular complexity index is 1080. The summed E-state index contributed by atoms with van der Waals surface area (Å²) >= 11 is 24.6. The van der Waals surface area contributed by atoms with E-state index in [0.717, 1.165) is 18.2 Å². The summed E-state index contributed by atoms with van der Waals surface area (Å²) in [5.74, 6) is -2.97. The number of halogens is 7. The van der Waals surface area contributed by atoms with Gasteiger partial charge in [0, 0.05) is 27.7 Å². The van der Waals surface area contributed by atoms with E-state index in [1.165, 1.54) is 6.07 Å². The minimum atomic E-state index is -4.73. The van der Waals surface area contributed by atoms with Gasteiger partial charge in [0.05, 0.1) is 17.0 Å². The van der Waals surface area contributed by atoms with Gasteiger partial charge in [-0.15, -0.1) is 23.2 Å². The first-order valence-electron chi connectivity index (χ1n) is 9.54. The van der Waals surface area contributed by atoms with Crippen molar-refractivity contribution in [3.8, 4) is 0 Å². The number of carbonyl (C=O) groups excluding carboxylic acids is 2. The molecule has 4 rings (SSSR count). The van der Waals surface area contributed by atoms with Gasteiger partial charge in [-0.2, -0.15) is 13.2 Å². The summed E-state index contributed by atoms with van der Waals surface area (Å²) in [6.45, 7) is 0. The maximum absolute atomic E-state index is 13.4. The Kier molecular flexibility index (Phi) is 6.07. The van der Waals surface area contributed by atoms with Crippen molar-refractivity contribution in [1.82, 2.24) is 5.32 Å². The van der Waals surface area contributed by atoms with E-state index in [1.54, 1.807) is 12.1 Å². The van der Waals surface area contributed by atoms with Crippen molar-refractivity contribution in [2.24, 2.45) is 5.92 Å². The van der Waals surface area contributed by atoms with Gasteiger partial charge in [0.2, 0.25) is 5.91 Å². The van der Waals surface area contributed by atoms with E-state index in [4.69, 9.17) is 46.4 Å². The molecule has 0 aliphatic heterocycles. The van der Waals surface area contributed by atoms with Crippen LogP contribution in [0.3, 0.4) is 0 Å². The number of hydrogen-bond acceptors (Lipinski definition) is 2. The third kappa shape index (κ3) is 4.81. The lowest BCUT2D eigenvalue weighted by Gasteiger charge is -2.15. The van der Waals surface area contributed by atoms with Gasteiger partial charge in [-0.1, -0.05) is 23.2 Å². The first kappa shape index (κ1) is 23.5. The third-order valence-electron chi connectivity index (χ3n) is 5.33. The quantitative estimate of drug-likeness (QED) is 0.442. The van der Waals surface area contributed by atoms with Crippen molar-refractivity contribution in [3.05, 3.63) is 63.1 Å². The molecule has 0 saturated heterocycles. The Labute approximate surface area is 201 Å². The lowest BCUT2D eigenvalue weighted by molar-refractivity contribution is -0.137. The molecule has 0 aromatic heterocycles. The largest absolute Gasteiger partial charge is 0.417 e. The van der Waals surface area contributed by atoms with Gasteiger partial charge in [-0.25, -0.2) is 0 Å². The molecule has 4 nitrogen and oxygen atoms in total. The van der Waals surface area contributed by atoms with Gasteiger partial charge in [0.25, 0.3) is 5.91 Å². The third-order valence-corrected chi connectivity index (χ3v) is 6.71. The van der Waals surface area contributed by atoms with Crippen molar-refractivity contribution in [3.63, 3.8) is 0 Å². The second-order valence-corrected chi connectivity index (χ2v) is 10.1. The molecule has 2 saturated carbocycles. The van der Waals surface area contributed by atoms with Crippen LogP contribution in [0.1, 0.15) is 40.2 Å². The predicted octanol–water partition coefficient (Wildman–Crippen LogP) is 6.43. The summed E-state index contributed by atoms with van der Waals surface area (Å²) in [7, 11) is 0. The zero-order valence-corrected chi connectivity index (χ0v) is 19.1. The molecule has 0 bridgehead atoms. The molecule has 32 heavy (non-hydrogen) atoms. The number of hydrogen-bond donors (Lipinski definition) is 2. The van der Waals surface area contributed by atoms with Gasteiger partial charge in [0.1, 0.15) is 4.33 Å². The van der Waals surface area contributed by atoms with E-state index in [2.05, 4.69) is 10.6 Å². The fourth-order valence-corrected chi connectivity index (χ4v) is 4.96. The second kappa shape index (κ2) is 8.28. The van der Waals surface area contributed by atoms with Crippen molar-refractivity contribution in [2.75, 3.05) is 5.32 Å².